The van der Waals surface area contributed by atoms with Gasteiger partial charge < -0.3 is 16.0 Å². The van der Waals surface area contributed by atoms with Crippen LogP contribution < -0.4 is 11.1 Å². The zero-order valence-corrected chi connectivity index (χ0v) is 14.2. The Balaban J connectivity index is 2.18. The molecule has 0 spiro atoms. The van der Waals surface area contributed by atoms with E-state index in [1.54, 1.807) is 0 Å². The molecule has 0 aromatic heterocycles. The number of rotatable bonds is 5. The number of nitrogens with one attached hydrogen (secondary N) is 1. The van der Waals surface area contributed by atoms with Crippen molar-refractivity contribution in [1.82, 2.24) is 10.2 Å². The first-order valence-electron chi connectivity index (χ1n) is 8.27. The molecule has 5 nitrogen and oxygen atoms in total. The third-order valence-electron chi connectivity index (χ3n) is 3.92. The van der Waals surface area contributed by atoms with Crippen molar-refractivity contribution in [3.8, 4) is 0 Å². The topological polar surface area (TPSA) is 70.7 Å². The second kappa shape index (κ2) is 9.03. The summed E-state index contributed by atoms with van der Waals surface area (Å²) in [7, 11) is 0. The Morgan fingerprint density at radius 1 is 1.46 bits per heavy atom. The van der Waals surface area contributed by atoms with Crippen molar-refractivity contribution in [1.29, 1.82) is 0 Å². The van der Waals surface area contributed by atoms with Crippen LogP contribution in [-0.2, 0) is 11.2 Å². The maximum absolute atomic E-state index is 11.8. The SMILES string of the molecule is C=C1CN(C(=NC/C=C\C)C(N)Cc2ccccc2)CCNC1=O. The number of nitrogens with zero attached hydrogens (tertiary/aromatic N) is 2. The molecule has 1 fully saturated rings. The van der Waals surface area contributed by atoms with Crippen LogP contribution in [0.5, 0.6) is 0 Å². The zero-order chi connectivity index (χ0) is 17.4. The van der Waals surface area contributed by atoms with E-state index in [2.05, 4.69) is 33.9 Å². The highest BCUT2D eigenvalue weighted by Gasteiger charge is 2.23. The summed E-state index contributed by atoms with van der Waals surface area (Å²) in [5, 5.41) is 2.85. The van der Waals surface area contributed by atoms with Crippen LogP contribution in [0.3, 0.4) is 0 Å². The Bertz CT molecular complexity index is 622. The van der Waals surface area contributed by atoms with Gasteiger partial charge in [0.25, 0.3) is 0 Å². The summed E-state index contributed by atoms with van der Waals surface area (Å²) in [4.78, 5) is 18.5. The van der Waals surface area contributed by atoms with Crippen LogP contribution in [-0.4, -0.2) is 48.9 Å². The summed E-state index contributed by atoms with van der Waals surface area (Å²) in [5.41, 5.74) is 8.18. The largest absolute Gasteiger partial charge is 0.353 e. The van der Waals surface area contributed by atoms with Gasteiger partial charge in [-0.2, -0.15) is 0 Å². The van der Waals surface area contributed by atoms with Crippen molar-refractivity contribution in [2.24, 2.45) is 10.7 Å². The van der Waals surface area contributed by atoms with Gasteiger partial charge in [-0.3, -0.25) is 9.79 Å². The van der Waals surface area contributed by atoms with E-state index in [0.29, 0.717) is 38.2 Å². The first-order valence-corrected chi connectivity index (χ1v) is 8.27. The molecule has 1 saturated heterocycles. The van der Waals surface area contributed by atoms with E-state index in [-0.39, 0.29) is 11.9 Å². The number of amidine groups is 1. The molecule has 0 radical (unpaired) electrons. The van der Waals surface area contributed by atoms with Crippen LogP contribution in [0.1, 0.15) is 12.5 Å². The molecule has 128 valence electrons. The van der Waals surface area contributed by atoms with Gasteiger partial charge in [0.05, 0.1) is 12.6 Å². The number of hydrogen-bond donors (Lipinski definition) is 2. The highest BCUT2D eigenvalue weighted by Crippen LogP contribution is 2.09. The van der Waals surface area contributed by atoms with E-state index >= 15 is 0 Å². The number of hydrogen-bond acceptors (Lipinski definition) is 3. The van der Waals surface area contributed by atoms with Gasteiger partial charge in [-0.1, -0.05) is 49.1 Å². The number of carbonyl (C=O) groups excluding carboxylic acids is 1. The molecule has 1 aromatic carbocycles. The van der Waals surface area contributed by atoms with Gasteiger partial charge in [-0.15, -0.1) is 0 Å². The minimum Gasteiger partial charge on any atom is -0.353 e. The molecule has 1 aliphatic heterocycles. The molecule has 0 aliphatic carbocycles. The summed E-state index contributed by atoms with van der Waals surface area (Å²) >= 11 is 0. The van der Waals surface area contributed by atoms with Gasteiger partial charge in [-0.05, 0) is 18.9 Å². The second-order valence-electron chi connectivity index (χ2n) is 5.85. The smallest absolute Gasteiger partial charge is 0.248 e. The average molecular weight is 326 g/mol. The molecular weight excluding hydrogens is 300 g/mol. The summed E-state index contributed by atoms with van der Waals surface area (Å²) in [6.07, 6.45) is 4.67. The summed E-state index contributed by atoms with van der Waals surface area (Å²) in [6, 6.07) is 9.92. The molecule has 1 heterocycles. The molecular formula is C19H26N4O. The fourth-order valence-corrected chi connectivity index (χ4v) is 2.67. The Hall–Kier alpha value is -2.40. The standard InChI is InChI=1S/C19H26N4O/c1-3-4-10-21-18(17(20)13-16-8-6-5-7-9-16)23-12-11-22-19(24)15(2)14-23/h3-9,17H,2,10-14,20H2,1H3,(H,22,24)/b4-3-,21-18?. The van der Waals surface area contributed by atoms with E-state index in [0.717, 1.165) is 5.84 Å². The summed E-state index contributed by atoms with van der Waals surface area (Å²) in [6.45, 7) is 8.13. The van der Waals surface area contributed by atoms with Gasteiger partial charge in [0.2, 0.25) is 5.91 Å². The van der Waals surface area contributed by atoms with Crippen LogP contribution in [0.2, 0.25) is 0 Å². The predicted octanol–water partition coefficient (Wildman–Crippen LogP) is 1.52. The highest BCUT2D eigenvalue weighted by atomic mass is 16.1. The van der Waals surface area contributed by atoms with Crippen LogP contribution in [0.15, 0.2) is 59.6 Å². The Morgan fingerprint density at radius 2 is 2.21 bits per heavy atom. The van der Waals surface area contributed by atoms with Crippen molar-refractivity contribution in [2.45, 2.75) is 19.4 Å². The Kier molecular flexibility index (Phi) is 6.75. The van der Waals surface area contributed by atoms with E-state index < -0.39 is 0 Å². The second-order valence-corrected chi connectivity index (χ2v) is 5.85. The molecule has 3 N–H and O–H groups in total. The van der Waals surface area contributed by atoms with Gasteiger partial charge in [0.1, 0.15) is 5.84 Å². The van der Waals surface area contributed by atoms with E-state index in [9.17, 15) is 4.79 Å². The van der Waals surface area contributed by atoms with Crippen molar-refractivity contribution in [2.75, 3.05) is 26.2 Å². The Labute approximate surface area is 143 Å². The van der Waals surface area contributed by atoms with Crippen LogP contribution >= 0.6 is 0 Å². The number of benzene rings is 1. The lowest BCUT2D eigenvalue weighted by molar-refractivity contribution is -0.117. The molecule has 1 aliphatic rings. The maximum Gasteiger partial charge on any atom is 0.248 e. The van der Waals surface area contributed by atoms with E-state index in [1.165, 1.54) is 5.56 Å². The van der Waals surface area contributed by atoms with Crippen molar-refractivity contribution < 1.29 is 4.79 Å². The molecule has 0 bridgehead atoms. The van der Waals surface area contributed by atoms with E-state index in [1.807, 2.05) is 37.3 Å². The van der Waals surface area contributed by atoms with Crippen molar-refractivity contribution in [3.05, 3.63) is 60.2 Å². The minimum absolute atomic E-state index is 0.0954. The highest BCUT2D eigenvalue weighted by molar-refractivity contribution is 5.95. The van der Waals surface area contributed by atoms with Crippen LogP contribution in [0.4, 0.5) is 0 Å². The van der Waals surface area contributed by atoms with Gasteiger partial charge in [0.15, 0.2) is 0 Å². The summed E-state index contributed by atoms with van der Waals surface area (Å²) < 4.78 is 0. The van der Waals surface area contributed by atoms with E-state index in [4.69, 9.17) is 5.73 Å². The molecule has 1 atom stereocenters. The number of carbonyl (C=O) groups is 1. The lowest BCUT2D eigenvalue weighted by atomic mass is 10.0. The fraction of sp³-hybridized carbons (Fsp3) is 0.368. The number of nitrogens with two attached hydrogens (primary N) is 1. The molecule has 0 saturated carbocycles. The molecule has 24 heavy (non-hydrogen) atoms. The molecule has 1 unspecified atom stereocenters. The first kappa shape index (κ1) is 17.9. The Morgan fingerprint density at radius 3 is 2.92 bits per heavy atom. The number of aliphatic imine (C=N–C) groups is 1. The number of allylic oxidation sites excluding steroid dienone is 1. The van der Waals surface area contributed by atoms with Crippen LogP contribution in [0.25, 0.3) is 0 Å². The van der Waals surface area contributed by atoms with Crippen molar-refractivity contribution >= 4 is 11.7 Å². The molecule has 5 heteroatoms. The fourth-order valence-electron chi connectivity index (χ4n) is 2.67. The molecule has 2 rings (SSSR count). The van der Waals surface area contributed by atoms with Gasteiger partial charge in [-0.25, -0.2) is 0 Å². The summed E-state index contributed by atoms with van der Waals surface area (Å²) in [5.74, 6) is 0.733. The lowest BCUT2D eigenvalue weighted by Crippen LogP contribution is -2.46. The van der Waals surface area contributed by atoms with Crippen LogP contribution in [0, 0.1) is 0 Å². The maximum atomic E-state index is 11.8. The van der Waals surface area contributed by atoms with Crippen molar-refractivity contribution in [3.63, 3.8) is 0 Å². The third-order valence-corrected chi connectivity index (χ3v) is 3.92. The lowest BCUT2D eigenvalue weighted by Gasteiger charge is -2.28. The predicted molar refractivity (Wildman–Crippen MR) is 99.0 cm³/mol. The normalized spacial score (nSPS) is 17.8. The molecule has 1 amide bonds. The average Bonchev–Trinajstić information content (AvgIpc) is 2.74. The first-order chi connectivity index (χ1) is 11.6. The monoisotopic (exact) mass is 326 g/mol. The van der Waals surface area contributed by atoms with Gasteiger partial charge >= 0.3 is 0 Å². The van der Waals surface area contributed by atoms with Gasteiger partial charge in [0, 0.05) is 25.2 Å². The minimum atomic E-state index is -0.223. The number of amides is 1. The quantitative estimate of drug-likeness (QED) is 0.373. The molecule has 1 aromatic rings. The zero-order valence-electron chi connectivity index (χ0n) is 14.2. The third kappa shape index (κ3) is 5.06.